The maximum atomic E-state index is 14.1. The van der Waals surface area contributed by atoms with Gasteiger partial charge in [-0.3, -0.25) is 25.2 Å². The van der Waals surface area contributed by atoms with Crippen LogP contribution in [-0.4, -0.2) is 87.7 Å². The van der Waals surface area contributed by atoms with Gasteiger partial charge in [-0.2, -0.15) is 0 Å². The Kier molecular flexibility index (Phi) is 15.1. The van der Waals surface area contributed by atoms with Crippen LogP contribution in [0.4, 0.5) is 0 Å². The molecule has 0 radical (unpaired) electrons. The van der Waals surface area contributed by atoms with Crippen LogP contribution < -0.4 is 36.7 Å². The molecular weight excluding hydrogens is 616 g/mol. The maximum Gasteiger partial charge on any atom is 0.328 e. The highest BCUT2D eigenvalue weighted by atomic mass is 16.5. The quantitative estimate of drug-likeness (QED) is 0.108. The monoisotopic (exact) mass is 668 g/mol. The van der Waals surface area contributed by atoms with Crippen molar-refractivity contribution in [3.8, 4) is 22.6 Å². The van der Waals surface area contributed by atoms with Gasteiger partial charge < -0.3 is 35.5 Å². The van der Waals surface area contributed by atoms with Gasteiger partial charge in [-0.15, -0.1) is 0 Å². The van der Waals surface area contributed by atoms with Crippen molar-refractivity contribution in [3.05, 3.63) is 47.5 Å². The highest BCUT2D eigenvalue weighted by molar-refractivity contribution is 5.95. The zero-order valence-corrected chi connectivity index (χ0v) is 29.0. The molecule has 3 rings (SSSR count). The zero-order valence-electron chi connectivity index (χ0n) is 29.0. The van der Waals surface area contributed by atoms with Crippen LogP contribution in [0.1, 0.15) is 70.0 Å². The number of amides is 3. The molecule has 0 saturated heterocycles. The molecule has 0 unspecified atom stereocenters. The number of hydrogen-bond acceptors (Lipinski definition) is 10. The number of carbonyl (C=O) groups excluding carboxylic acids is 4. The van der Waals surface area contributed by atoms with Gasteiger partial charge in [-0.25, -0.2) is 4.79 Å². The fraction of sp³-hybridized carbons (Fsp3) is 0.543. The summed E-state index contributed by atoms with van der Waals surface area (Å²) in [6, 6.07) is 6.85. The maximum absolute atomic E-state index is 14.1. The zero-order chi connectivity index (χ0) is 35.2. The van der Waals surface area contributed by atoms with Crippen LogP contribution in [0, 0.1) is 0 Å². The van der Waals surface area contributed by atoms with Gasteiger partial charge in [0.25, 0.3) is 0 Å². The van der Waals surface area contributed by atoms with Crippen LogP contribution in [0.25, 0.3) is 11.1 Å². The van der Waals surface area contributed by atoms with Gasteiger partial charge in [-0.1, -0.05) is 32.4 Å². The predicted octanol–water partition coefficient (Wildman–Crippen LogP) is 2.37. The molecule has 13 heteroatoms. The van der Waals surface area contributed by atoms with Crippen molar-refractivity contribution in [1.29, 1.82) is 0 Å². The lowest BCUT2D eigenvalue weighted by Crippen LogP contribution is -2.54. The summed E-state index contributed by atoms with van der Waals surface area (Å²) in [5.74, 6) is -1.07. The Labute approximate surface area is 283 Å². The first-order valence-electron chi connectivity index (χ1n) is 16.7. The van der Waals surface area contributed by atoms with Gasteiger partial charge in [-0.05, 0) is 75.0 Å². The number of hydrogen-bond donors (Lipinski definition) is 5. The highest BCUT2D eigenvalue weighted by Gasteiger charge is 2.34. The molecule has 0 aliphatic carbocycles. The van der Waals surface area contributed by atoms with Crippen molar-refractivity contribution in [1.82, 2.24) is 26.4 Å². The predicted molar refractivity (Wildman–Crippen MR) is 183 cm³/mol. The van der Waals surface area contributed by atoms with Crippen molar-refractivity contribution in [2.24, 2.45) is 5.73 Å². The van der Waals surface area contributed by atoms with E-state index in [1.54, 1.807) is 19.2 Å². The average Bonchev–Trinajstić information content (AvgIpc) is 3.08. The second-order valence-electron chi connectivity index (χ2n) is 11.9. The van der Waals surface area contributed by atoms with Crippen LogP contribution in [-0.2, 0) is 30.3 Å². The number of likely N-dealkylation sites (N-methyl/N-ethyl adjacent to an activating group) is 1. The van der Waals surface area contributed by atoms with E-state index in [4.69, 9.17) is 19.9 Å². The Bertz CT molecular complexity index is 1400. The number of methoxy groups -OCH3 is 1. The third-order valence-electron chi connectivity index (χ3n) is 8.16. The lowest BCUT2D eigenvalue weighted by molar-refractivity contribution is -0.145. The highest BCUT2D eigenvalue weighted by Crippen LogP contribution is 2.40. The molecule has 0 saturated carbocycles. The number of nitrogens with one attached hydrogen (secondary N) is 4. The third kappa shape index (κ3) is 10.1. The Morgan fingerprint density at radius 3 is 2.33 bits per heavy atom. The van der Waals surface area contributed by atoms with Gasteiger partial charge in [0.1, 0.15) is 29.6 Å². The molecule has 4 atom stereocenters. The number of hydrazine groups is 1. The Morgan fingerprint density at radius 1 is 0.979 bits per heavy atom. The third-order valence-corrected chi connectivity index (χ3v) is 8.16. The van der Waals surface area contributed by atoms with E-state index in [0.29, 0.717) is 60.8 Å². The SMILES string of the molecule is CCCCOc1ccc2cc1-c1cc(ccc1OCCC)C[C@@H](C(=O)OC)NC(=O)[C@H](C)NC(=O)[C@H]2N(C)C(=O)[C@@H](N)CCCNNC. The van der Waals surface area contributed by atoms with E-state index in [2.05, 4.69) is 28.4 Å². The number of ether oxygens (including phenoxy) is 3. The summed E-state index contributed by atoms with van der Waals surface area (Å²) in [5, 5.41) is 5.47. The molecule has 13 nitrogen and oxygen atoms in total. The summed E-state index contributed by atoms with van der Waals surface area (Å²) in [6.07, 6.45) is 3.70. The van der Waals surface area contributed by atoms with E-state index in [1.165, 1.54) is 26.0 Å². The van der Waals surface area contributed by atoms with Crippen molar-refractivity contribution < 1.29 is 33.4 Å². The number of nitrogens with zero attached hydrogens (tertiary/aromatic N) is 1. The van der Waals surface area contributed by atoms with Gasteiger partial charge in [0.05, 0.1) is 26.4 Å². The summed E-state index contributed by atoms with van der Waals surface area (Å²) in [5.41, 5.74) is 14.7. The molecule has 48 heavy (non-hydrogen) atoms. The van der Waals surface area contributed by atoms with E-state index in [-0.39, 0.29) is 6.42 Å². The minimum atomic E-state index is -1.15. The first-order valence-corrected chi connectivity index (χ1v) is 16.7. The largest absolute Gasteiger partial charge is 0.493 e. The van der Waals surface area contributed by atoms with Crippen LogP contribution in [0.5, 0.6) is 11.5 Å². The van der Waals surface area contributed by atoms with E-state index in [1.807, 2.05) is 31.2 Å². The van der Waals surface area contributed by atoms with Gasteiger partial charge in [0.15, 0.2) is 0 Å². The van der Waals surface area contributed by atoms with Crippen molar-refractivity contribution >= 4 is 23.7 Å². The summed E-state index contributed by atoms with van der Waals surface area (Å²) in [6.45, 7) is 7.14. The van der Waals surface area contributed by atoms with Gasteiger partial charge in [0, 0.05) is 31.1 Å². The van der Waals surface area contributed by atoms with Gasteiger partial charge in [0.2, 0.25) is 17.7 Å². The molecule has 0 spiro atoms. The Balaban J connectivity index is 2.23. The average molecular weight is 669 g/mol. The van der Waals surface area contributed by atoms with Crippen molar-refractivity contribution in [3.63, 3.8) is 0 Å². The normalized spacial score (nSPS) is 18.5. The summed E-state index contributed by atoms with van der Waals surface area (Å²) < 4.78 is 17.4. The molecule has 4 bridgehead atoms. The summed E-state index contributed by atoms with van der Waals surface area (Å²) in [7, 11) is 4.54. The number of rotatable bonds is 15. The second-order valence-corrected chi connectivity index (χ2v) is 11.9. The Morgan fingerprint density at radius 2 is 1.67 bits per heavy atom. The minimum absolute atomic E-state index is 0.132. The number of benzene rings is 2. The van der Waals surface area contributed by atoms with Crippen LogP contribution in [0.3, 0.4) is 0 Å². The summed E-state index contributed by atoms with van der Waals surface area (Å²) in [4.78, 5) is 55.2. The van der Waals surface area contributed by atoms with Crippen LogP contribution in [0.15, 0.2) is 36.4 Å². The van der Waals surface area contributed by atoms with Crippen molar-refractivity contribution in [2.45, 2.75) is 83.5 Å². The molecule has 1 heterocycles. The Hall–Kier alpha value is -4.20. The molecule has 6 N–H and O–H groups in total. The molecule has 1 aliphatic rings. The van der Waals surface area contributed by atoms with E-state index >= 15 is 0 Å². The van der Waals surface area contributed by atoms with Crippen LogP contribution >= 0.6 is 0 Å². The molecule has 264 valence electrons. The fourth-order valence-corrected chi connectivity index (χ4v) is 5.46. The van der Waals surface area contributed by atoms with Crippen molar-refractivity contribution in [2.75, 3.05) is 41.0 Å². The molecule has 2 aromatic rings. The molecule has 0 fully saturated rings. The number of nitrogens with two attached hydrogens (primary N) is 1. The minimum Gasteiger partial charge on any atom is -0.493 e. The van der Waals surface area contributed by atoms with E-state index in [9.17, 15) is 19.2 Å². The van der Waals surface area contributed by atoms with E-state index < -0.39 is 47.9 Å². The molecule has 3 amide bonds. The number of unbranched alkanes of at least 4 members (excludes halogenated alkanes) is 1. The number of esters is 1. The first-order chi connectivity index (χ1) is 23.1. The smallest absolute Gasteiger partial charge is 0.328 e. The topological polar surface area (TPSA) is 173 Å². The van der Waals surface area contributed by atoms with Gasteiger partial charge >= 0.3 is 5.97 Å². The molecule has 2 aromatic carbocycles. The standard InChI is InChI=1S/C35H52N6O7/c1-7-9-18-48-30-15-13-24-21-26(30)25-19-23(12-14-29(25)47-17-8-2)20-28(35(45)46-6)40-32(42)22(3)39-33(43)31(24)41(5)34(44)27(36)11-10-16-38-37-4/h12-15,19,21-22,27-28,31,37-38H,7-11,16-18,20,36H2,1-6H3,(H,39,43)(H,40,42)/t22-,27-,28-,31-/m0/s1. The molecule has 0 aromatic heterocycles. The lowest BCUT2D eigenvalue weighted by Gasteiger charge is -2.31. The first kappa shape index (κ1) is 38.2. The molecule has 1 aliphatic heterocycles. The lowest BCUT2D eigenvalue weighted by atomic mass is 9.93. The number of carbonyl (C=O) groups is 4. The van der Waals surface area contributed by atoms with Crippen LogP contribution in [0.2, 0.25) is 0 Å². The summed E-state index contributed by atoms with van der Waals surface area (Å²) >= 11 is 0. The molecular formula is C35H52N6O7. The number of fused-ring (bicyclic) bond motifs is 5. The van der Waals surface area contributed by atoms with E-state index in [0.717, 1.165) is 24.8 Å². The fourth-order valence-electron chi connectivity index (χ4n) is 5.46. The second kappa shape index (κ2) is 19.0.